The molecule has 0 amide bonds. The molecule has 2 atom stereocenters. The van der Waals surface area contributed by atoms with Crippen LogP contribution in [-0.4, -0.2) is 14.9 Å². The SMILES string of the molecule is CC(C)(O)C(F)(c1cccc(Br)c1)S(N)=O. The molecule has 0 saturated carbocycles. The van der Waals surface area contributed by atoms with E-state index in [1.807, 2.05) is 0 Å². The highest BCUT2D eigenvalue weighted by molar-refractivity contribution is 9.10. The minimum absolute atomic E-state index is 0.0789. The second-order valence-electron chi connectivity index (χ2n) is 3.96. The highest BCUT2D eigenvalue weighted by Gasteiger charge is 2.51. The Morgan fingerprint density at radius 2 is 2.06 bits per heavy atom. The lowest BCUT2D eigenvalue weighted by molar-refractivity contribution is -0.0291. The Kier molecular flexibility index (Phi) is 3.89. The van der Waals surface area contributed by atoms with E-state index in [0.717, 1.165) is 0 Å². The Hall–Kier alpha value is -0.300. The van der Waals surface area contributed by atoms with Gasteiger partial charge in [-0.3, -0.25) is 0 Å². The van der Waals surface area contributed by atoms with Gasteiger partial charge in [0.05, 0.1) is 0 Å². The number of alkyl halides is 1. The first-order chi connectivity index (χ1) is 7.19. The average molecular weight is 310 g/mol. The van der Waals surface area contributed by atoms with Crippen LogP contribution in [0.3, 0.4) is 0 Å². The summed E-state index contributed by atoms with van der Waals surface area (Å²) >= 11 is 3.18. The molecule has 0 spiro atoms. The third-order valence-electron chi connectivity index (χ3n) is 2.26. The molecule has 1 aromatic carbocycles. The van der Waals surface area contributed by atoms with Crippen molar-refractivity contribution in [3.8, 4) is 0 Å². The fraction of sp³-hybridized carbons (Fsp3) is 0.400. The molecule has 6 heteroatoms. The zero-order valence-electron chi connectivity index (χ0n) is 8.91. The molecule has 0 aromatic heterocycles. The molecule has 16 heavy (non-hydrogen) atoms. The Bertz CT molecular complexity index is 422. The summed E-state index contributed by atoms with van der Waals surface area (Å²) in [6.45, 7) is 2.47. The molecule has 3 N–H and O–H groups in total. The van der Waals surface area contributed by atoms with Crippen LogP contribution in [0.4, 0.5) is 4.39 Å². The fourth-order valence-electron chi connectivity index (χ4n) is 1.40. The molecule has 1 rings (SSSR count). The first-order valence-corrected chi connectivity index (χ1v) is 6.54. The molecule has 0 saturated heterocycles. The van der Waals surface area contributed by atoms with Crippen molar-refractivity contribution < 1.29 is 13.7 Å². The van der Waals surface area contributed by atoms with Gasteiger partial charge >= 0.3 is 0 Å². The smallest absolute Gasteiger partial charge is 0.251 e. The summed E-state index contributed by atoms with van der Waals surface area (Å²) < 4.78 is 26.6. The predicted molar refractivity (Wildman–Crippen MR) is 65.6 cm³/mol. The molecular formula is C10H13BrFNO2S. The van der Waals surface area contributed by atoms with Gasteiger partial charge in [0.25, 0.3) is 5.00 Å². The van der Waals surface area contributed by atoms with Crippen molar-refractivity contribution in [1.82, 2.24) is 0 Å². The van der Waals surface area contributed by atoms with Crippen LogP contribution in [-0.2, 0) is 16.0 Å². The summed E-state index contributed by atoms with van der Waals surface area (Å²) in [5.41, 5.74) is -1.76. The van der Waals surface area contributed by atoms with E-state index < -0.39 is 21.6 Å². The zero-order chi connectivity index (χ0) is 12.6. The Morgan fingerprint density at radius 1 is 1.50 bits per heavy atom. The summed E-state index contributed by atoms with van der Waals surface area (Å²) in [7, 11) is -2.34. The van der Waals surface area contributed by atoms with Gasteiger partial charge in [-0.1, -0.05) is 28.1 Å². The lowest BCUT2D eigenvalue weighted by Gasteiger charge is -2.34. The molecule has 0 aliphatic carbocycles. The number of nitrogens with two attached hydrogens (primary N) is 1. The number of aliphatic hydroxyl groups is 1. The van der Waals surface area contributed by atoms with Gasteiger partial charge in [0, 0.05) is 10.0 Å². The van der Waals surface area contributed by atoms with Gasteiger partial charge in [-0.25, -0.2) is 13.7 Å². The summed E-state index contributed by atoms with van der Waals surface area (Å²) in [4.78, 5) is 0. The second kappa shape index (κ2) is 4.52. The van der Waals surface area contributed by atoms with E-state index in [0.29, 0.717) is 4.47 Å². The van der Waals surface area contributed by atoms with Gasteiger partial charge in [0.1, 0.15) is 16.6 Å². The molecule has 0 aliphatic rings. The van der Waals surface area contributed by atoms with Crippen LogP contribution in [0.2, 0.25) is 0 Å². The van der Waals surface area contributed by atoms with Gasteiger partial charge in [-0.15, -0.1) is 0 Å². The lowest BCUT2D eigenvalue weighted by Crippen LogP contribution is -2.49. The van der Waals surface area contributed by atoms with E-state index in [1.54, 1.807) is 12.1 Å². The van der Waals surface area contributed by atoms with E-state index in [4.69, 9.17) is 5.14 Å². The molecule has 0 fully saturated rings. The molecule has 2 unspecified atom stereocenters. The third kappa shape index (κ3) is 2.34. The fourth-order valence-corrected chi connectivity index (χ4v) is 2.65. The van der Waals surface area contributed by atoms with E-state index >= 15 is 0 Å². The molecule has 0 radical (unpaired) electrons. The van der Waals surface area contributed by atoms with Crippen molar-refractivity contribution in [2.45, 2.75) is 24.4 Å². The Morgan fingerprint density at radius 3 is 2.44 bits per heavy atom. The van der Waals surface area contributed by atoms with Crippen molar-refractivity contribution in [2.75, 3.05) is 0 Å². The summed E-state index contributed by atoms with van der Waals surface area (Å²) in [6, 6.07) is 6.18. The van der Waals surface area contributed by atoms with E-state index in [9.17, 15) is 13.7 Å². The quantitative estimate of drug-likeness (QED) is 0.896. The van der Waals surface area contributed by atoms with Crippen LogP contribution in [0, 0.1) is 0 Å². The van der Waals surface area contributed by atoms with Gasteiger partial charge in [-0.2, -0.15) is 0 Å². The highest BCUT2D eigenvalue weighted by atomic mass is 79.9. The summed E-state index contributed by atoms with van der Waals surface area (Å²) in [5, 5.41) is 12.4. The highest BCUT2D eigenvalue weighted by Crippen LogP contribution is 2.39. The van der Waals surface area contributed by atoms with Crippen LogP contribution in [0.5, 0.6) is 0 Å². The van der Waals surface area contributed by atoms with Crippen molar-refractivity contribution >= 4 is 26.9 Å². The van der Waals surface area contributed by atoms with Gasteiger partial charge in [0.2, 0.25) is 0 Å². The lowest BCUT2D eigenvalue weighted by atomic mass is 9.95. The van der Waals surface area contributed by atoms with Crippen molar-refractivity contribution in [3.63, 3.8) is 0 Å². The minimum Gasteiger partial charge on any atom is -0.386 e. The maximum Gasteiger partial charge on any atom is 0.251 e. The van der Waals surface area contributed by atoms with Crippen LogP contribution in [0.15, 0.2) is 28.7 Å². The molecule has 3 nitrogen and oxygen atoms in total. The van der Waals surface area contributed by atoms with Gasteiger partial charge in [0.15, 0.2) is 0 Å². The maximum absolute atomic E-state index is 14.6. The number of hydrogen-bond acceptors (Lipinski definition) is 2. The monoisotopic (exact) mass is 309 g/mol. The van der Waals surface area contributed by atoms with Crippen molar-refractivity contribution in [1.29, 1.82) is 0 Å². The van der Waals surface area contributed by atoms with E-state index in [-0.39, 0.29) is 5.56 Å². The predicted octanol–water partition coefficient (Wildman–Crippen LogP) is 1.96. The van der Waals surface area contributed by atoms with Gasteiger partial charge < -0.3 is 5.11 Å². The molecule has 0 heterocycles. The van der Waals surface area contributed by atoms with Crippen LogP contribution in [0.25, 0.3) is 0 Å². The molecular weight excluding hydrogens is 297 g/mol. The second-order valence-corrected chi connectivity index (χ2v) is 6.04. The number of benzene rings is 1. The third-order valence-corrected chi connectivity index (χ3v) is 4.04. The number of hydrogen-bond donors (Lipinski definition) is 2. The summed E-state index contributed by atoms with van der Waals surface area (Å²) in [6.07, 6.45) is 0. The van der Waals surface area contributed by atoms with Crippen molar-refractivity contribution in [2.24, 2.45) is 5.14 Å². The Balaban J connectivity index is 3.39. The summed E-state index contributed by atoms with van der Waals surface area (Å²) in [5.74, 6) is 0. The van der Waals surface area contributed by atoms with Crippen LogP contribution in [0.1, 0.15) is 19.4 Å². The molecule has 0 aliphatic heterocycles. The minimum atomic E-state index is -2.50. The van der Waals surface area contributed by atoms with Crippen LogP contribution >= 0.6 is 15.9 Å². The molecule has 0 bridgehead atoms. The topological polar surface area (TPSA) is 63.3 Å². The average Bonchev–Trinajstić information content (AvgIpc) is 2.14. The standard InChI is InChI=1S/C10H13BrFNO2S/c1-9(2,14)10(12,16(13)15)7-4-3-5-8(11)6-7/h3-6,14H,13H2,1-2H3. The number of halogens is 2. The molecule has 90 valence electrons. The number of rotatable bonds is 3. The Labute approximate surface area is 105 Å². The van der Waals surface area contributed by atoms with E-state index in [1.165, 1.54) is 26.0 Å². The maximum atomic E-state index is 14.6. The van der Waals surface area contributed by atoms with Gasteiger partial charge in [-0.05, 0) is 26.0 Å². The van der Waals surface area contributed by atoms with Crippen LogP contribution < -0.4 is 5.14 Å². The largest absolute Gasteiger partial charge is 0.386 e. The zero-order valence-corrected chi connectivity index (χ0v) is 11.3. The van der Waals surface area contributed by atoms with E-state index in [2.05, 4.69) is 15.9 Å². The van der Waals surface area contributed by atoms with Crippen molar-refractivity contribution in [3.05, 3.63) is 34.3 Å². The first kappa shape index (κ1) is 13.8. The molecule has 1 aromatic rings. The first-order valence-electron chi connectivity index (χ1n) is 4.53. The normalized spacial score (nSPS) is 17.9.